The third-order valence-electron chi connectivity index (χ3n) is 1.87. The monoisotopic (exact) mass is 229 g/mol. The molecule has 1 rings (SSSR count). The molecule has 0 aliphatic heterocycles. The highest BCUT2D eigenvalue weighted by molar-refractivity contribution is 7.11. The lowest BCUT2D eigenvalue weighted by Crippen LogP contribution is -2.23. The molecule has 0 bridgehead atoms. The smallest absolute Gasteiger partial charge is 0.404 e. The van der Waals surface area contributed by atoms with Gasteiger partial charge in [-0.1, -0.05) is 0 Å². The van der Waals surface area contributed by atoms with Gasteiger partial charge in [-0.2, -0.15) is 0 Å². The van der Waals surface area contributed by atoms with Crippen molar-refractivity contribution in [2.45, 2.75) is 20.4 Å². The second-order valence-corrected chi connectivity index (χ2v) is 4.38. The number of aromatic nitrogens is 1. The van der Waals surface area contributed by atoms with Crippen molar-refractivity contribution in [3.63, 3.8) is 0 Å². The number of rotatable bonds is 5. The zero-order valence-corrected chi connectivity index (χ0v) is 9.69. The predicted octanol–water partition coefficient (Wildman–Crippen LogP) is 0.945. The summed E-state index contributed by atoms with van der Waals surface area (Å²) in [6.45, 7) is 5.61. The molecule has 3 N–H and O–H groups in total. The molecule has 6 heteroatoms. The molecule has 0 aliphatic rings. The summed E-state index contributed by atoms with van der Waals surface area (Å²) in [5.74, 6) is 0. The molecule has 1 heterocycles. The van der Waals surface area contributed by atoms with Gasteiger partial charge in [0, 0.05) is 18.0 Å². The molecule has 0 spiro atoms. The fourth-order valence-corrected chi connectivity index (χ4v) is 1.94. The van der Waals surface area contributed by atoms with E-state index in [2.05, 4.69) is 15.0 Å². The minimum Gasteiger partial charge on any atom is -0.448 e. The van der Waals surface area contributed by atoms with E-state index in [1.165, 1.54) is 4.88 Å². The Labute approximate surface area is 92.6 Å². The highest BCUT2D eigenvalue weighted by Crippen LogP contribution is 2.15. The van der Waals surface area contributed by atoms with Gasteiger partial charge in [0.05, 0.1) is 5.69 Å². The van der Waals surface area contributed by atoms with Crippen molar-refractivity contribution in [2.75, 3.05) is 13.2 Å². The van der Waals surface area contributed by atoms with E-state index in [-0.39, 0.29) is 0 Å². The summed E-state index contributed by atoms with van der Waals surface area (Å²) in [7, 11) is 0. The first-order chi connectivity index (χ1) is 7.09. The summed E-state index contributed by atoms with van der Waals surface area (Å²) < 4.78 is 4.57. The molecule has 0 fully saturated rings. The van der Waals surface area contributed by atoms with Gasteiger partial charge < -0.3 is 15.8 Å². The van der Waals surface area contributed by atoms with Crippen LogP contribution in [0.2, 0.25) is 0 Å². The number of aryl methyl sites for hydroxylation is 2. The predicted molar refractivity (Wildman–Crippen MR) is 58.8 cm³/mol. The number of nitrogens with two attached hydrogens (primary N) is 1. The number of thiazole rings is 1. The molecule has 0 unspecified atom stereocenters. The Morgan fingerprint density at radius 1 is 1.60 bits per heavy atom. The van der Waals surface area contributed by atoms with Gasteiger partial charge in [-0.25, -0.2) is 9.78 Å². The van der Waals surface area contributed by atoms with E-state index < -0.39 is 6.09 Å². The Morgan fingerprint density at radius 2 is 2.33 bits per heavy atom. The number of hydrogen-bond acceptors (Lipinski definition) is 5. The van der Waals surface area contributed by atoms with Crippen LogP contribution in [-0.4, -0.2) is 24.2 Å². The lowest BCUT2D eigenvalue weighted by Gasteiger charge is -2.02. The molecule has 1 amide bonds. The maximum absolute atomic E-state index is 10.2. The third kappa shape index (κ3) is 4.26. The topological polar surface area (TPSA) is 77.2 Å². The van der Waals surface area contributed by atoms with Gasteiger partial charge in [-0.15, -0.1) is 11.3 Å². The van der Waals surface area contributed by atoms with Crippen molar-refractivity contribution in [2.24, 2.45) is 5.73 Å². The molecule has 1 aromatic heterocycles. The molecule has 84 valence electrons. The Kier molecular flexibility index (Phi) is 4.51. The van der Waals surface area contributed by atoms with Gasteiger partial charge in [0.25, 0.3) is 0 Å². The van der Waals surface area contributed by atoms with Gasteiger partial charge in [-0.3, -0.25) is 0 Å². The quantitative estimate of drug-likeness (QED) is 0.737. The van der Waals surface area contributed by atoms with Crippen molar-refractivity contribution < 1.29 is 9.53 Å². The SMILES string of the molecule is Cc1nc(CNCCOC(N)=O)sc1C. The normalized spacial score (nSPS) is 10.3. The second-order valence-electron chi connectivity index (χ2n) is 3.09. The van der Waals surface area contributed by atoms with Crippen molar-refractivity contribution in [1.29, 1.82) is 0 Å². The molecule has 15 heavy (non-hydrogen) atoms. The summed E-state index contributed by atoms with van der Waals surface area (Å²) in [6.07, 6.45) is -0.738. The second kappa shape index (κ2) is 5.67. The minimum absolute atomic E-state index is 0.290. The fraction of sp³-hybridized carbons (Fsp3) is 0.556. The number of ether oxygens (including phenoxy) is 1. The first kappa shape index (κ1) is 11.9. The number of nitrogens with zero attached hydrogens (tertiary/aromatic N) is 1. The first-order valence-electron chi connectivity index (χ1n) is 4.65. The summed E-state index contributed by atoms with van der Waals surface area (Å²) in [5.41, 5.74) is 5.88. The number of primary amides is 1. The summed E-state index contributed by atoms with van der Waals surface area (Å²) in [6, 6.07) is 0. The van der Waals surface area contributed by atoms with Crippen LogP contribution in [0.1, 0.15) is 15.6 Å². The molecule has 0 saturated heterocycles. The van der Waals surface area contributed by atoms with E-state index in [0.717, 1.165) is 10.7 Å². The van der Waals surface area contributed by atoms with Crippen molar-refractivity contribution in [1.82, 2.24) is 10.3 Å². The molecule has 1 aromatic rings. The van der Waals surface area contributed by atoms with Crippen LogP contribution in [0.25, 0.3) is 0 Å². The van der Waals surface area contributed by atoms with Gasteiger partial charge in [0.1, 0.15) is 11.6 Å². The first-order valence-corrected chi connectivity index (χ1v) is 5.47. The molecular weight excluding hydrogens is 214 g/mol. The van der Waals surface area contributed by atoms with Gasteiger partial charge in [0.2, 0.25) is 0 Å². The molecule has 5 nitrogen and oxygen atoms in total. The van der Waals surface area contributed by atoms with E-state index in [1.807, 2.05) is 13.8 Å². The molecule has 0 saturated carbocycles. The van der Waals surface area contributed by atoms with Crippen molar-refractivity contribution in [3.8, 4) is 0 Å². The number of amides is 1. The number of nitrogens with one attached hydrogen (secondary N) is 1. The van der Waals surface area contributed by atoms with E-state index in [9.17, 15) is 4.79 Å². The van der Waals surface area contributed by atoms with Crippen LogP contribution in [-0.2, 0) is 11.3 Å². The summed E-state index contributed by atoms with van der Waals surface area (Å²) in [5, 5.41) is 4.16. The van der Waals surface area contributed by atoms with Crippen LogP contribution < -0.4 is 11.1 Å². The Hall–Kier alpha value is -1.14. The maximum atomic E-state index is 10.2. The lowest BCUT2D eigenvalue weighted by molar-refractivity contribution is 0.157. The molecule has 0 radical (unpaired) electrons. The standard InChI is InChI=1S/C9H15N3O2S/c1-6-7(2)15-8(12-6)5-11-3-4-14-9(10)13/h11H,3-5H2,1-2H3,(H2,10,13). The Morgan fingerprint density at radius 3 is 2.87 bits per heavy atom. The fourth-order valence-electron chi connectivity index (χ4n) is 1.03. The average Bonchev–Trinajstić information content (AvgIpc) is 2.45. The van der Waals surface area contributed by atoms with Crippen LogP contribution in [0, 0.1) is 13.8 Å². The van der Waals surface area contributed by atoms with E-state index >= 15 is 0 Å². The summed E-state index contributed by atoms with van der Waals surface area (Å²) >= 11 is 1.67. The highest BCUT2D eigenvalue weighted by atomic mass is 32.1. The summed E-state index contributed by atoms with van der Waals surface area (Å²) in [4.78, 5) is 15.8. The van der Waals surface area contributed by atoms with Crippen LogP contribution in [0.5, 0.6) is 0 Å². The molecule has 0 aliphatic carbocycles. The maximum Gasteiger partial charge on any atom is 0.404 e. The van der Waals surface area contributed by atoms with Crippen LogP contribution >= 0.6 is 11.3 Å². The van der Waals surface area contributed by atoms with E-state index in [0.29, 0.717) is 19.7 Å². The highest BCUT2D eigenvalue weighted by Gasteiger charge is 2.02. The van der Waals surface area contributed by atoms with E-state index in [4.69, 9.17) is 5.73 Å². The third-order valence-corrected chi connectivity index (χ3v) is 2.95. The van der Waals surface area contributed by atoms with Crippen LogP contribution in [0.15, 0.2) is 0 Å². The average molecular weight is 229 g/mol. The Balaban J connectivity index is 2.18. The van der Waals surface area contributed by atoms with Crippen LogP contribution in [0.4, 0.5) is 4.79 Å². The molecule has 0 aromatic carbocycles. The van der Waals surface area contributed by atoms with Gasteiger partial charge in [0.15, 0.2) is 0 Å². The van der Waals surface area contributed by atoms with Crippen molar-refractivity contribution in [3.05, 3.63) is 15.6 Å². The lowest BCUT2D eigenvalue weighted by atomic mass is 10.4. The van der Waals surface area contributed by atoms with Gasteiger partial charge in [-0.05, 0) is 13.8 Å². The minimum atomic E-state index is -0.738. The zero-order chi connectivity index (χ0) is 11.3. The van der Waals surface area contributed by atoms with Crippen molar-refractivity contribution >= 4 is 17.4 Å². The molecular formula is C9H15N3O2S. The number of carbonyl (C=O) groups is 1. The molecule has 0 atom stereocenters. The largest absolute Gasteiger partial charge is 0.448 e. The number of hydrogen-bond donors (Lipinski definition) is 2. The number of carbonyl (C=O) groups excluding carboxylic acids is 1. The van der Waals surface area contributed by atoms with E-state index in [1.54, 1.807) is 11.3 Å². The zero-order valence-electron chi connectivity index (χ0n) is 8.87. The van der Waals surface area contributed by atoms with Crippen LogP contribution in [0.3, 0.4) is 0 Å². The Bertz CT molecular complexity index is 319. The van der Waals surface area contributed by atoms with Gasteiger partial charge >= 0.3 is 6.09 Å².